The highest BCUT2D eigenvalue weighted by molar-refractivity contribution is 6.31. The van der Waals surface area contributed by atoms with Gasteiger partial charge in [-0.25, -0.2) is 4.79 Å². The van der Waals surface area contributed by atoms with Gasteiger partial charge in [-0.2, -0.15) is 0 Å². The van der Waals surface area contributed by atoms with Crippen molar-refractivity contribution in [3.8, 4) is 0 Å². The molecule has 1 aliphatic heterocycles. The van der Waals surface area contributed by atoms with Gasteiger partial charge in [0.1, 0.15) is 0 Å². The molecule has 1 saturated heterocycles. The molecule has 120 valence electrons. The predicted molar refractivity (Wildman–Crippen MR) is 91.0 cm³/mol. The van der Waals surface area contributed by atoms with Gasteiger partial charge >= 0.3 is 5.97 Å². The summed E-state index contributed by atoms with van der Waals surface area (Å²) in [6, 6.07) is 4.01. The molecule has 1 aliphatic rings. The van der Waals surface area contributed by atoms with Crippen LogP contribution in [0.4, 0.5) is 5.69 Å². The lowest BCUT2D eigenvalue weighted by atomic mass is 10.00. The van der Waals surface area contributed by atoms with Crippen molar-refractivity contribution >= 4 is 23.3 Å². The maximum atomic E-state index is 12.0. The number of nitrogens with one attached hydrogen (secondary N) is 1. The summed E-state index contributed by atoms with van der Waals surface area (Å²) < 4.78 is 4.87. The minimum absolute atomic E-state index is 0.356. The lowest BCUT2D eigenvalue weighted by molar-refractivity contribution is 0.0600. The Morgan fingerprint density at radius 1 is 1.50 bits per heavy atom. The molecule has 0 atom stereocenters. The number of rotatable bonds is 5. The zero-order chi connectivity index (χ0) is 16.1. The lowest BCUT2D eigenvalue weighted by Gasteiger charge is -2.37. The fraction of sp³-hybridized carbons (Fsp3) is 0.471. The van der Waals surface area contributed by atoms with Crippen molar-refractivity contribution < 1.29 is 9.53 Å². The van der Waals surface area contributed by atoms with Crippen molar-refractivity contribution in [1.29, 1.82) is 0 Å². The summed E-state index contributed by atoms with van der Waals surface area (Å²) >= 11 is 6.23. The second-order valence-corrected chi connectivity index (χ2v) is 5.95. The van der Waals surface area contributed by atoms with Gasteiger partial charge in [-0.15, -0.1) is 6.58 Å². The Morgan fingerprint density at radius 3 is 2.77 bits per heavy atom. The van der Waals surface area contributed by atoms with Crippen LogP contribution >= 0.6 is 11.6 Å². The smallest absolute Gasteiger partial charge is 0.338 e. The van der Waals surface area contributed by atoms with Crippen molar-refractivity contribution in [2.24, 2.45) is 0 Å². The molecule has 4 nitrogen and oxygen atoms in total. The minimum atomic E-state index is -0.356. The van der Waals surface area contributed by atoms with Crippen LogP contribution in [0.2, 0.25) is 5.02 Å². The number of halogens is 1. The molecular formula is C17H23ClN2O2. The summed E-state index contributed by atoms with van der Waals surface area (Å²) in [7, 11) is 1.39. The fourth-order valence-corrected chi connectivity index (χ4v) is 3.20. The molecule has 1 heterocycles. The Bertz CT molecular complexity index is 554. The highest BCUT2D eigenvalue weighted by Gasteiger charge is 2.24. The molecule has 0 aliphatic carbocycles. The van der Waals surface area contributed by atoms with Crippen LogP contribution < -0.4 is 10.2 Å². The quantitative estimate of drug-likeness (QED) is 0.668. The number of benzene rings is 1. The SMILES string of the molecule is C=CCN(c1cc(Cl)cc(C(=O)OC)c1C)C1CCNCC1. The molecule has 2 rings (SSSR count). The Labute approximate surface area is 137 Å². The number of piperidine rings is 1. The van der Waals surface area contributed by atoms with Gasteiger partial charge in [-0.05, 0) is 50.6 Å². The third kappa shape index (κ3) is 3.62. The van der Waals surface area contributed by atoms with E-state index in [1.165, 1.54) is 7.11 Å². The largest absolute Gasteiger partial charge is 0.465 e. The van der Waals surface area contributed by atoms with Gasteiger partial charge in [0.2, 0.25) is 0 Å². The van der Waals surface area contributed by atoms with Gasteiger partial charge in [0, 0.05) is 23.3 Å². The van der Waals surface area contributed by atoms with Gasteiger partial charge in [0.05, 0.1) is 12.7 Å². The number of carbonyl (C=O) groups excluding carboxylic acids is 1. The first-order valence-electron chi connectivity index (χ1n) is 7.55. The minimum Gasteiger partial charge on any atom is -0.465 e. The van der Waals surface area contributed by atoms with E-state index in [4.69, 9.17) is 16.3 Å². The van der Waals surface area contributed by atoms with E-state index in [2.05, 4.69) is 16.8 Å². The second-order valence-electron chi connectivity index (χ2n) is 5.51. The van der Waals surface area contributed by atoms with Gasteiger partial charge < -0.3 is 15.0 Å². The Kier molecular flexibility index (Phi) is 5.86. The van der Waals surface area contributed by atoms with Crippen LogP contribution in [0.3, 0.4) is 0 Å². The zero-order valence-corrected chi connectivity index (χ0v) is 13.9. The van der Waals surface area contributed by atoms with Gasteiger partial charge in [-0.3, -0.25) is 0 Å². The number of anilines is 1. The molecule has 22 heavy (non-hydrogen) atoms. The van der Waals surface area contributed by atoms with Crippen LogP contribution in [0, 0.1) is 6.92 Å². The monoisotopic (exact) mass is 322 g/mol. The van der Waals surface area contributed by atoms with Gasteiger partial charge in [0.15, 0.2) is 0 Å². The Balaban J connectivity index is 2.43. The maximum absolute atomic E-state index is 12.0. The summed E-state index contributed by atoms with van der Waals surface area (Å²) in [6.45, 7) is 8.54. The number of hydrogen-bond acceptors (Lipinski definition) is 4. The van der Waals surface area contributed by atoms with E-state index in [0.29, 0.717) is 16.6 Å². The summed E-state index contributed by atoms with van der Waals surface area (Å²) in [5.41, 5.74) is 2.41. The van der Waals surface area contributed by atoms with E-state index in [9.17, 15) is 4.79 Å². The molecule has 0 saturated carbocycles. The number of esters is 1. The Morgan fingerprint density at radius 2 is 2.18 bits per heavy atom. The highest BCUT2D eigenvalue weighted by atomic mass is 35.5. The average Bonchev–Trinajstić information content (AvgIpc) is 2.54. The van der Waals surface area contributed by atoms with Crippen molar-refractivity contribution in [3.05, 3.63) is 40.9 Å². The predicted octanol–water partition coefficient (Wildman–Crippen LogP) is 3.18. The second kappa shape index (κ2) is 7.65. The third-order valence-electron chi connectivity index (χ3n) is 4.14. The standard InChI is InChI=1S/C17H23ClN2O2/c1-4-9-20(14-5-7-19-8-6-14)16-11-13(18)10-15(12(16)2)17(21)22-3/h4,10-11,14,19H,1,5-9H2,2-3H3. The van der Waals surface area contributed by atoms with Crippen molar-refractivity contribution in [2.75, 3.05) is 31.6 Å². The normalized spacial score (nSPS) is 15.4. The molecule has 1 N–H and O–H groups in total. The van der Waals surface area contributed by atoms with Crippen LogP contribution in [0.15, 0.2) is 24.8 Å². The maximum Gasteiger partial charge on any atom is 0.338 e. The zero-order valence-electron chi connectivity index (χ0n) is 13.2. The van der Waals surface area contributed by atoms with Crippen molar-refractivity contribution in [2.45, 2.75) is 25.8 Å². The van der Waals surface area contributed by atoms with E-state index >= 15 is 0 Å². The summed E-state index contributed by atoms with van der Waals surface area (Å²) in [5.74, 6) is -0.356. The molecule has 0 aromatic heterocycles. The summed E-state index contributed by atoms with van der Waals surface area (Å²) in [6.07, 6.45) is 4.01. The number of hydrogen-bond donors (Lipinski definition) is 1. The summed E-state index contributed by atoms with van der Waals surface area (Å²) in [5, 5.41) is 3.92. The molecule has 1 fully saturated rings. The molecule has 0 amide bonds. The van der Waals surface area contributed by atoms with Gasteiger partial charge in [0.25, 0.3) is 0 Å². The van der Waals surface area contributed by atoms with Crippen LogP contribution in [-0.4, -0.2) is 38.8 Å². The van der Waals surface area contributed by atoms with Gasteiger partial charge in [-0.1, -0.05) is 17.7 Å². The lowest BCUT2D eigenvalue weighted by Crippen LogP contribution is -2.43. The first kappa shape index (κ1) is 16.8. The van der Waals surface area contributed by atoms with E-state index in [1.54, 1.807) is 6.07 Å². The molecule has 1 aromatic rings. The van der Waals surface area contributed by atoms with Crippen molar-refractivity contribution in [3.63, 3.8) is 0 Å². The number of methoxy groups -OCH3 is 1. The highest BCUT2D eigenvalue weighted by Crippen LogP contribution is 2.31. The van der Waals surface area contributed by atoms with Crippen LogP contribution in [0.5, 0.6) is 0 Å². The fourth-order valence-electron chi connectivity index (χ4n) is 2.99. The van der Waals surface area contributed by atoms with E-state index < -0.39 is 0 Å². The first-order valence-corrected chi connectivity index (χ1v) is 7.93. The molecule has 5 heteroatoms. The molecule has 0 radical (unpaired) electrons. The molecule has 1 aromatic carbocycles. The van der Waals surface area contributed by atoms with Crippen LogP contribution in [0.25, 0.3) is 0 Å². The van der Waals surface area contributed by atoms with Crippen LogP contribution in [-0.2, 0) is 4.74 Å². The number of nitrogens with zero attached hydrogens (tertiary/aromatic N) is 1. The van der Waals surface area contributed by atoms with E-state index in [1.807, 2.05) is 19.1 Å². The molecular weight excluding hydrogens is 300 g/mol. The number of carbonyl (C=O) groups is 1. The van der Waals surface area contributed by atoms with E-state index in [-0.39, 0.29) is 5.97 Å². The van der Waals surface area contributed by atoms with Crippen LogP contribution in [0.1, 0.15) is 28.8 Å². The molecule has 0 unspecified atom stereocenters. The third-order valence-corrected chi connectivity index (χ3v) is 4.35. The molecule has 0 spiro atoms. The average molecular weight is 323 g/mol. The topological polar surface area (TPSA) is 41.6 Å². The molecule has 0 bridgehead atoms. The Hall–Kier alpha value is -1.52. The van der Waals surface area contributed by atoms with Crippen molar-refractivity contribution in [1.82, 2.24) is 5.32 Å². The number of ether oxygens (including phenoxy) is 1. The first-order chi connectivity index (χ1) is 10.6. The summed E-state index contributed by atoms with van der Waals surface area (Å²) in [4.78, 5) is 14.3. The van der Waals surface area contributed by atoms with E-state index in [0.717, 1.165) is 43.7 Å².